The van der Waals surface area contributed by atoms with Crippen molar-refractivity contribution in [3.8, 4) is 5.75 Å². The summed E-state index contributed by atoms with van der Waals surface area (Å²) in [5, 5.41) is 22.4. The maximum absolute atomic E-state index is 13.9. The minimum atomic E-state index is -1.18. The number of fused-ring (bicyclic) bond motifs is 1. The van der Waals surface area contributed by atoms with E-state index in [9.17, 15) is 23.4 Å². The van der Waals surface area contributed by atoms with E-state index < -0.39 is 23.6 Å². The lowest BCUT2D eigenvalue weighted by Gasteiger charge is -2.41. The van der Waals surface area contributed by atoms with Crippen LogP contribution < -0.4 is 10.5 Å². The molecule has 1 fully saturated rings. The Hall–Kier alpha value is -2.37. The van der Waals surface area contributed by atoms with Gasteiger partial charge in [-0.25, -0.2) is 13.2 Å². The second-order valence-corrected chi connectivity index (χ2v) is 11.0. The van der Waals surface area contributed by atoms with Gasteiger partial charge in [0.15, 0.2) is 11.6 Å². The monoisotopic (exact) mass is 549 g/mol. The average molecular weight is 550 g/mol. The van der Waals surface area contributed by atoms with Gasteiger partial charge >= 0.3 is 0 Å². The highest BCUT2D eigenvalue weighted by Gasteiger charge is 2.34. The summed E-state index contributed by atoms with van der Waals surface area (Å²) in [4.78, 5) is 6.64. The van der Waals surface area contributed by atoms with Crippen molar-refractivity contribution in [1.29, 1.82) is 0 Å². The van der Waals surface area contributed by atoms with Gasteiger partial charge in [-0.1, -0.05) is 0 Å². The van der Waals surface area contributed by atoms with E-state index in [0.29, 0.717) is 37.0 Å². The van der Waals surface area contributed by atoms with Crippen LogP contribution in [0.4, 0.5) is 13.2 Å². The number of hydrogen-bond donors (Lipinski definition) is 3. The number of nitrogens with zero attached hydrogens (tertiary/aromatic N) is 2. The summed E-state index contributed by atoms with van der Waals surface area (Å²) in [6, 6.07) is 7.10. The molecule has 3 aromatic rings. The van der Waals surface area contributed by atoms with Crippen molar-refractivity contribution >= 4 is 22.7 Å². The number of pyridine rings is 1. The third-order valence-corrected chi connectivity index (χ3v) is 8.57. The fourth-order valence-electron chi connectivity index (χ4n) is 5.16. The van der Waals surface area contributed by atoms with E-state index in [0.717, 1.165) is 65.8 Å². The highest BCUT2D eigenvalue weighted by atomic mass is 32.2. The molecular weight excluding hydrogens is 515 g/mol. The molecule has 1 atom stereocenters. The Bertz CT molecular complexity index is 1250. The summed E-state index contributed by atoms with van der Waals surface area (Å²) in [7, 11) is 1.59. The number of nitrogens with two attached hydrogens (primary N) is 1. The average Bonchev–Trinajstić information content (AvgIpc) is 2.94. The van der Waals surface area contributed by atoms with Gasteiger partial charge in [-0.3, -0.25) is 4.98 Å². The van der Waals surface area contributed by atoms with E-state index >= 15 is 0 Å². The molecule has 0 saturated carbocycles. The van der Waals surface area contributed by atoms with Crippen molar-refractivity contribution in [2.45, 2.75) is 43.2 Å². The van der Waals surface area contributed by atoms with Gasteiger partial charge in [0, 0.05) is 48.0 Å². The Morgan fingerprint density at radius 2 is 1.95 bits per heavy atom. The maximum Gasteiger partial charge on any atom is 0.172 e. The van der Waals surface area contributed by atoms with E-state index in [-0.39, 0.29) is 23.5 Å². The fraction of sp³-hybridized carbons (Fsp3) is 0.464. The summed E-state index contributed by atoms with van der Waals surface area (Å²) >= 11 is 1.09. The van der Waals surface area contributed by atoms with Crippen LogP contribution in [0.5, 0.6) is 5.75 Å². The summed E-state index contributed by atoms with van der Waals surface area (Å²) in [6.45, 7) is 2.37. The number of rotatable bonds is 11. The molecule has 38 heavy (non-hydrogen) atoms. The number of aliphatic hydroxyl groups excluding tert-OH is 2. The van der Waals surface area contributed by atoms with Crippen LogP contribution in [0.15, 0.2) is 41.4 Å². The van der Waals surface area contributed by atoms with Crippen molar-refractivity contribution in [1.82, 2.24) is 9.88 Å². The molecule has 1 aromatic heterocycles. The summed E-state index contributed by atoms with van der Waals surface area (Å²) in [5.74, 6) is -1.84. The van der Waals surface area contributed by atoms with Gasteiger partial charge < -0.3 is 25.6 Å². The smallest absolute Gasteiger partial charge is 0.172 e. The molecular formula is C28H34F3N3O3S. The van der Waals surface area contributed by atoms with Gasteiger partial charge in [-0.05, 0) is 79.6 Å². The van der Waals surface area contributed by atoms with Crippen molar-refractivity contribution in [3.63, 3.8) is 0 Å². The maximum atomic E-state index is 13.9. The summed E-state index contributed by atoms with van der Waals surface area (Å²) in [5.41, 5.74) is 7.93. The van der Waals surface area contributed by atoms with Gasteiger partial charge in [-0.2, -0.15) is 0 Å². The molecule has 6 nitrogen and oxygen atoms in total. The number of piperidine rings is 1. The number of hydrogen-bond acceptors (Lipinski definition) is 7. The lowest BCUT2D eigenvalue weighted by molar-refractivity contribution is 0.0253. The van der Waals surface area contributed by atoms with Gasteiger partial charge in [0.05, 0.1) is 18.7 Å². The molecule has 10 heteroatoms. The quantitative estimate of drug-likeness (QED) is 0.234. The fourth-order valence-corrected chi connectivity index (χ4v) is 6.15. The highest BCUT2D eigenvalue weighted by molar-refractivity contribution is 7.99. The van der Waals surface area contributed by atoms with Crippen molar-refractivity contribution in [3.05, 3.63) is 65.1 Å². The number of aromatic nitrogens is 1. The topological polar surface area (TPSA) is 91.8 Å². The van der Waals surface area contributed by atoms with Crippen LogP contribution >= 0.6 is 11.8 Å². The van der Waals surface area contributed by atoms with Gasteiger partial charge in [0.25, 0.3) is 0 Å². The van der Waals surface area contributed by atoms with Crippen LogP contribution in [0.25, 0.3) is 10.9 Å². The van der Waals surface area contributed by atoms with Crippen molar-refractivity contribution in [2.24, 2.45) is 11.1 Å². The van der Waals surface area contributed by atoms with E-state index in [1.807, 2.05) is 18.2 Å². The Morgan fingerprint density at radius 1 is 1.18 bits per heavy atom. The predicted octanol–water partition coefficient (Wildman–Crippen LogP) is 4.80. The number of aliphatic hydroxyl groups is 2. The number of likely N-dealkylation sites (tertiary alicyclic amines) is 1. The van der Waals surface area contributed by atoms with Crippen LogP contribution in [0, 0.1) is 22.9 Å². The lowest BCUT2D eigenvalue weighted by Crippen LogP contribution is -2.43. The predicted molar refractivity (Wildman–Crippen MR) is 143 cm³/mol. The normalized spacial score (nSPS) is 16.6. The zero-order chi connectivity index (χ0) is 27.3. The molecule has 1 aliphatic heterocycles. The van der Waals surface area contributed by atoms with Crippen LogP contribution in [0.1, 0.15) is 42.9 Å². The Morgan fingerprint density at radius 3 is 2.63 bits per heavy atom. The highest BCUT2D eigenvalue weighted by Crippen LogP contribution is 2.40. The molecule has 2 aromatic carbocycles. The first-order valence-corrected chi connectivity index (χ1v) is 13.7. The standard InChI is InChI=1S/C28H34F3N3O3S/c1-37-20-2-3-23-21(14-20)26(18(15-32)16-33-23)24(36)4-5-28(17-35)6-8-34(9-7-28)10-11-38-25-13-19(29)12-22(30)27(25)31/h2-3,12-14,16,24,35-36H,4-11,15,17,32H2,1H3/t24-/m0/s1. The van der Waals surface area contributed by atoms with Crippen LogP contribution in [0.3, 0.4) is 0 Å². The minimum Gasteiger partial charge on any atom is -0.497 e. The largest absolute Gasteiger partial charge is 0.497 e. The summed E-state index contributed by atoms with van der Waals surface area (Å²) in [6.07, 6.45) is 3.53. The van der Waals surface area contributed by atoms with Gasteiger partial charge in [0.2, 0.25) is 0 Å². The summed E-state index contributed by atoms with van der Waals surface area (Å²) < 4.78 is 46.1. The first-order valence-electron chi connectivity index (χ1n) is 12.7. The zero-order valence-corrected chi connectivity index (χ0v) is 22.2. The first-order chi connectivity index (χ1) is 18.3. The number of ether oxygens (including phenoxy) is 1. The van der Waals surface area contributed by atoms with E-state index in [4.69, 9.17) is 10.5 Å². The van der Waals surface area contributed by atoms with Gasteiger partial charge in [0.1, 0.15) is 11.6 Å². The second kappa shape index (κ2) is 12.7. The molecule has 1 saturated heterocycles. The van der Waals surface area contributed by atoms with Crippen molar-refractivity contribution < 1.29 is 28.1 Å². The SMILES string of the molecule is COc1ccc2ncc(CN)c([C@@H](O)CCC3(CO)CCN(CCSc4cc(F)cc(F)c4F)CC3)c2c1. The molecule has 1 aliphatic rings. The van der Waals surface area contributed by atoms with E-state index in [1.54, 1.807) is 13.3 Å². The van der Waals surface area contributed by atoms with Crippen LogP contribution in [-0.2, 0) is 6.54 Å². The molecule has 0 aliphatic carbocycles. The number of benzene rings is 2. The van der Waals surface area contributed by atoms with Crippen LogP contribution in [0.2, 0.25) is 0 Å². The molecule has 4 rings (SSSR count). The molecule has 0 amide bonds. The molecule has 0 spiro atoms. The third-order valence-electron chi connectivity index (χ3n) is 7.58. The molecule has 206 valence electrons. The number of methoxy groups -OCH3 is 1. The number of halogens is 3. The second-order valence-electron chi connectivity index (χ2n) is 9.89. The van der Waals surface area contributed by atoms with Crippen molar-refractivity contribution in [2.75, 3.05) is 39.1 Å². The molecule has 2 heterocycles. The lowest BCUT2D eigenvalue weighted by atomic mass is 9.74. The molecule has 0 unspecified atom stereocenters. The zero-order valence-electron chi connectivity index (χ0n) is 21.4. The Labute approximate surface area is 225 Å². The van der Waals surface area contributed by atoms with Gasteiger partial charge in [-0.15, -0.1) is 11.8 Å². The Balaban J connectivity index is 1.35. The molecule has 4 N–H and O–H groups in total. The molecule has 0 bridgehead atoms. The van der Waals surface area contributed by atoms with Crippen LogP contribution in [-0.4, -0.2) is 59.2 Å². The van der Waals surface area contributed by atoms with E-state index in [2.05, 4.69) is 9.88 Å². The number of thioether (sulfide) groups is 1. The minimum absolute atomic E-state index is 0.0186. The van der Waals surface area contributed by atoms with E-state index in [1.165, 1.54) is 0 Å². The Kier molecular flexibility index (Phi) is 9.54. The third kappa shape index (κ3) is 6.43. The molecule has 0 radical (unpaired) electrons. The first kappa shape index (κ1) is 28.6.